The van der Waals surface area contributed by atoms with E-state index in [2.05, 4.69) is 0 Å². The van der Waals surface area contributed by atoms with E-state index in [1.54, 1.807) is 0 Å². The third-order valence-electron chi connectivity index (χ3n) is 6.23. The molecule has 1 amide bonds. The minimum Gasteiger partial charge on any atom is -0.481 e. The van der Waals surface area contributed by atoms with Gasteiger partial charge in [-0.15, -0.1) is 12.4 Å². The fraction of sp³-hybridized carbons (Fsp3) is 0.889. The van der Waals surface area contributed by atoms with Crippen LogP contribution in [0.1, 0.15) is 59.8 Å². The molecule has 0 aromatic heterocycles. The lowest BCUT2D eigenvalue weighted by molar-refractivity contribution is -0.143. The van der Waals surface area contributed by atoms with Crippen molar-refractivity contribution in [2.24, 2.45) is 23.0 Å². The Balaban J connectivity index is 0.000000603. The molecule has 0 heterocycles. The van der Waals surface area contributed by atoms with Gasteiger partial charge < -0.3 is 10.8 Å². The summed E-state index contributed by atoms with van der Waals surface area (Å²) in [7, 11) is -3.75. The van der Waals surface area contributed by atoms with Gasteiger partial charge in [-0.3, -0.25) is 14.3 Å². The Hall–Kier alpha value is -1.14. The van der Waals surface area contributed by atoms with Crippen LogP contribution in [0.15, 0.2) is 0 Å². The zero-order chi connectivity index (χ0) is 22.4. The Morgan fingerprint density at radius 1 is 1.06 bits per heavy atom. The number of carbonyl (C=O) groups is 2. The van der Waals surface area contributed by atoms with Crippen molar-refractivity contribution in [3.8, 4) is 0 Å². The van der Waals surface area contributed by atoms with Gasteiger partial charge in [0.25, 0.3) is 5.91 Å². The molecule has 4 N–H and O–H groups in total. The maximum atomic E-state index is 12.2. The molecule has 7 nitrogen and oxygen atoms in total. The maximum absolute atomic E-state index is 12.2. The second-order valence-electron chi connectivity index (χ2n) is 8.70. The highest BCUT2D eigenvalue weighted by Crippen LogP contribution is 2.55. The number of alkyl halides is 4. The molecular weight excluding hydrogens is 468 g/mol. The van der Waals surface area contributed by atoms with Gasteiger partial charge in [-0.1, -0.05) is 7.43 Å². The average Bonchev–Trinajstić information content (AvgIpc) is 3.48. The number of nitrogens with two attached hydrogens (primary N) is 1. The van der Waals surface area contributed by atoms with Crippen LogP contribution < -0.4 is 10.5 Å². The molecular formula is C18H31ClF4N2O5S. The molecule has 0 saturated heterocycles. The first kappa shape index (κ1) is 29.9. The number of amides is 1. The number of hydrogen-bond donors (Lipinski definition) is 3. The van der Waals surface area contributed by atoms with Crippen LogP contribution in [0, 0.1) is 17.3 Å². The third kappa shape index (κ3) is 6.67. The molecule has 4 atom stereocenters. The second kappa shape index (κ2) is 9.78. The number of hydrogen-bond acceptors (Lipinski definition) is 5. The molecule has 0 bridgehead atoms. The van der Waals surface area contributed by atoms with Gasteiger partial charge in [0.05, 0.1) is 15.7 Å². The minimum absolute atomic E-state index is 0. The minimum atomic E-state index is -3.75. The SMILES string of the molecule is C.CC1(S(=O)(=O)NC(=O)[C@@]2(N)C[C@H]2CC(F)F)CC1.C[C@]1(C(=O)O)C[C@H]1CC(F)F.Cl. The van der Waals surface area contributed by atoms with E-state index >= 15 is 0 Å². The van der Waals surface area contributed by atoms with Crippen LogP contribution in [0.2, 0.25) is 0 Å². The van der Waals surface area contributed by atoms with E-state index in [9.17, 15) is 35.6 Å². The Bertz CT molecular complexity index is 781. The number of rotatable bonds is 8. The standard InChI is InChI=1S/C10H16F2N2O3S.C7H10F2O2.CH4.ClH/c1-9(2-3-9)18(16,17)14-8(15)10(13)5-6(10)4-7(11)12;1-7(6(10)11)3-4(7)2-5(8)9;;/h6-7H,2-5,13H2,1H3,(H,14,15);4-5H,2-3H2,1H3,(H,10,11);1H4;1H/t6-,10-;4-,7+;;/m11../s1. The molecule has 3 aliphatic rings. The highest BCUT2D eigenvalue weighted by atomic mass is 35.5. The van der Waals surface area contributed by atoms with E-state index in [1.165, 1.54) is 13.8 Å². The van der Waals surface area contributed by atoms with Gasteiger partial charge in [-0.25, -0.2) is 26.0 Å². The van der Waals surface area contributed by atoms with Crippen LogP contribution in [-0.4, -0.2) is 48.5 Å². The number of carboxylic acid groups (broad SMARTS) is 1. The summed E-state index contributed by atoms with van der Waals surface area (Å²) in [5, 5.41) is 8.55. The largest absolute Gasteiger partial charge is 0.481 e. The summed E-state index contributed by atoms with van der Waals surface area (Å²) >= 11 is 0. The summed E-state index contributed by atoms with van der Waals surface area (Å²) in [6.07, 6.45) is -4.17. The van der Waals surface area contributed by atoms with Gasteiger partial charge in [-0.05, 0) is 51.4 Å². The Kier molecular flexibility index (Phi) is 9.42. The van der Waals surface area contributed by atoms with E-state index in [1.807, 2.05) is 4.72 Å². The number of halogens is 5. The smallest absolute Gasteiger partial charge is 0.309 e. The molecule has 0 aromatic rings. The Morgan fingerprint density at radius 3 is 1.87 bits per heavy atom. The lowest BCUT2D eigenvalue weighted by atomic mass is 10.1. The van der Waals surface area contributed by atoms with Gasteiger partial charge in [0.1, 0.15) is 0 Å². The molecule has 13 heteroatoms. The molecule has 0 spiro atoms. The molecule has 184 valence electrons. The van der Waals surface area contributed by atoms with Crippen molar-refractivity contribution in [3.63, 3.8) is 0 Å². The van der Waals surface area contributed by atoms with Crippen LogP contribution in [0.3, 0.4) is 0 Å². The lowest BCUT2D eigenvalue weighted by Gasteiger charge is -2.16. The summed E-state index contributed by atoms with van der Waals surface area (Å²) in [4.78, 5) is 22.2. The molecule has 3 fully saturated rings. The Morgan fingerprint density at radius 2 is 1.52 bits per heavy atom. The first-order valence-corrected chi connectivity index (χ1v) is 10.7. The van der Waals surface area contributed by atoms with Crippen molar-refractivity contribution in [1.29, 1.82) is 0 Å². The summed E-state index contributed by atoms with van der Waals surface area (Å²) in [5.74, 6) is -2.77. The van der Waals surface area contributed by atoms with Gasteiger partial charge in [0.2, 0.25) is 22.9 Å². The highest BCUT2D eigenvalue weighted by Gasteiger charge is 2.60. The van der Waals surface area contributed by atoms with Crippen molar-refractivity contribution >= 4 is 34.3 Å². The highest BCUT2D eigenvalue weighted by molar-refractivity contribution is 7.91. The molecule has 0 unspecified atom stereocenters. The summed E-state index contributed by atoms with van der Waals surface area (Å²) in [6, 6.07) is 0. The predicted octanol–water partition coefficient (Wildman–Crippen LogP) is 3.17. The number of carbonyl (C=O) groups excluding carboxylic acids is 1. The van der Waals surface area contributed by atoms with Gasteiger partial charge >= 0.3 is 5.97 Å². The topological polar surface area (TPSA) is 127 Å². The molecule has 3 aliphatic carbocycles. The monoisotopic (exact) mass is 498 g/mol. The van der Waals surface area contributed by atoms with Crippen LogP contribution in [0.25, 0.3) is 0 Å². The van der Waals surface area contributed by atoms with E-state index in [0.29, 0.717) is 19.3 Å². The van der Waals surface area contributed by atoms with Gasteiger partial charge in [0.15, 0.2) is 0 Å². The predicted molar refractivity (Wildman–Crippen MR) is 109 cm³/mol. The van der Waals surface area contributed by atoms with Crippen LogP contribution in [0.5, 0.6) is 0 Å². The van der Waals surface area contributed by atoms with Crippen molar-refractivity contribution in [3.05, 3.63) is 0 Å². The number of sulfonamides is 1. The fourth-order valence-corrected chi connectivity index (χ4v) is 4.51. The van der Waals surface area contributed by atoms with Gasteiger partial charge in [0, 0.05) is 12.8 Å². The maximum Gasteiger partial charge on any atom is 0.309 e. The average molecular weight is 499 g/mol. The van der Waals surface area contributed by atoms with E-state index in [0.717, 1.165) is 0 Å². The zero-order valence-corrected chi connectivity index (χ0v) is 18.2. The normalized spacial score (nSPS) is 32.0. The quantitative estimate of drug-likeness (QED) is 0.441. The van der Waals surface area contributed by atoms with E-state index in [-0.39, 0.29) is 38.6 Å². The summed E-state index contributed by atoms with van der Waals surface area (Å²) in [5.41, 5.74) is 3.33. The van der Waals surface area contributed by atoms with E-state index < -0.39 is 62.8 Å². The van der Waals surface area contributed by atoms with Crippen LogP contribution >= 0.6 is 12.4 Å². The first-order chi connectivity index (χ1) is 13.1. The number of carboxylic acids is 1. The summed E-state index contributed by atoms with van der Waals surface area (Å²) < 4.78 is 72.4. The second-order valence-corrected chi connectivity index (χ2v) is 10.9. The first-order valence-electron chi connectivity index (χ1n) is 9.23. The van der Waals surface area contributed by atoms with Crippen molar-refractivity contribution in [2.45, 2.75) is 82.9 Å². The third-order valence-corrected chi connectivity index (χ3v) is 8.39. The van der Waals surface area contributed by atoms with E-state index in [4.69, 9.17) is 10.8 Å². The van der Waals surface area contributed by atoms with Crippen molar-refractivity contribution < 1.29 is 40.7 Å². The Labute approximate surface area is 186 Å². The van der Waals surface area contributed by atoms with Crippen molar-refractivity contribution in [2.75, 3.05) is 0 Å². The lowest BCUT2D eigenvalue weighted by Crippen LogP contribution is -2.49. The summed E-state index contributed by atoms with van der Waals surface area (Å²) in [6.45, 7) is 3.05. The van der Waals surface area contributed by atoms with Crippen LogP contribution in [-0.2, 0) is 19.6 Å². The zero-order valence-electron chi connectivity index (χ0n) is 16.5. The molecule has 3 rings (SSSR count). The number of aliphatic carboxylic acids is 1. The van der Waals surface area contributed by atoms with Crippen molar-refractivity contribution in [1.82, 2.24) is 4.72 Å². The van der Waals surface area contributed by atoms with Crippen LogP contribution in [0.4, 0.5) is 17.6 Å². The number of nitrogens with one attached hydrogen (secondary N) is 1. The molecule has 0 aliphatic heterocycles. The van der Waals surface area contributed by atoms with Gasteiger partial charge in [-0.2, -0.15) is 0 Å². The molecule has 3 saturated carbocycles. The molecule has 0 aromatic carbocycles. The fourth-order valence-electron chi connectivity index (χ4n) is 3.19. The molecule has 0 radical (unpaired) electrons. The molecule has 31 heavy (non-hydrogen) atoms.